The van der Waals surface area contributed by atoms with Crippen molar-refractivity contribution in [2.45, 2.75) is 31.6 Å². The summed E-state index contributed by atoms with van der Waals surface area (Å²) in [7, 11) is -3.52. The zero-order valence-electron chi connectivity index (χ0n) is 15.0. The maximum atomic E-state index is 12.5. The summed E-state index contributed by atoms with van der Waals surface area (Å²) >= 11 is 0. The molecule has 1 N–H and O–H groups in total. The van der Waals surface area contributed by atoms with Gasteiger partial charge in [0.05, 0.1) is 4.90 Å². The average molecular weight is 368 g/mol. The topological polar surface area (TPSA) is 67.9 Å². The van der Waals surface area contributed by atoms with Crippen molar-refractivity contribution in [3.05, 3.63) is 18.2 Å². The van der Waals surface area contributed by atoms with Crippen LogP contribution in [0.2, 0.25) is 0 Å². The highest BCUT2D eigenvalue weighted by atomic mass is 32.2. The standard InChI is InChI=1S/C18H28N2O4S/c1-14-10-15(2)13-20(12-14)7-3-6-19-25(21,22)16-4-5-17-18(11-16)24-9-8-23-17/h4-5,11,14-15,19H,3,6-10,12-13H2,1-2H3/t14-,15-/m0/s1. The summed E-state index contributed by atoms with van der Waals surface area (Å²) in [5.74, 6) is 2.53. The third-order valence-corrected chi connectivity index (χ3v) is 6.17. The molecule has 3 rings (SSSR count). The van der Waals surface area contributed by atoms with E-state index < -0.39 is 10.0 Å². The Morgan fingerprint density at radius 1 is 1.12 bits per heavy atom. The third kappa shape index (κ3) is 4.86. The van der Waals surface area contributed by atoms with E-state index in [9.17, 15) is 8.42 Å². The number of hydrogen-bond acceptors (Lipinski definition) is 5. The molecule has 1 aromatic carbocycles. The Hall–Kier alpha value is -1.31. The first-order valence-corrected chi connectivity index (χ1v) is 10.5. The Kier molecular flexibility index (Phi) is 5.86. The summed E-state index contributed by atoms with van der Waals surface area (Å²) in [5, 5.41) is 0. The van der Waals surface area contributed by atoms with E-state index in [2.05, 4.69) is 23.5 Å². The molecule has 140 valence electrons. The van der Waals surface area contributed by atoms with Gasteiger partial charge in [-0.2, -0.15) is 0 Å². The zero-order valence-corrected chi connectivity index (χ0v) is 15.8. The van der Waals surface area contributed by atoms with Gasteiger partial charge in [0.1, 0.15) is 13.2 Å². The van der Waals surface area contributed by atoms with Crippen LogP contribution in [0.4, 0.5) is 0 Å². The molecule has 6 nitrogen and oxygen atoms in total. The van der Waals surface area contributed by atoms with Crippen LogP contribution in [0.5, 0.6) is 11.5 Å². The van der Waals surface area contributed by atoms with Gasteiger partial charge >= 0.3 is 0 Å². The first-order chi connectivity index (χ1) is 11.9. The molecule has 0 spiro atoms. The van der Waals surface area contributed by atoms with Gasteiger partial charge in [-0.3, -0.25) is 0 Å². The van der Waals surface area contributed by atoms with E-state index in [0.717, 1.165) is 37.9 Å². The largest absolute Gasteiger partial charge is 0.486 e. The van der Waals surface area contributed by atoms with Gasteiger partial charge in [0.2, 0.25) is 10.0 Å². The Balaban J connectivity index is 1.50. The van der Waals surface area contributed by atoms with Gasteiger partial charge in [-0.1, -0.05) is 13.8 Å². The molecule has 2 heterocycles. The number of likely N-dealkylation sites (tertiary alicyclic amines) is 1. The molecule has 2 aliphatic rings. The number of hydrogen-bond donors (Lipinski definition) is 1. The van der Waals surface area contributed by atoms with Crippen molar-refractivity contribution < 1.29 is 17.9 Å². The molecule has 25 heavy (non-hydrogen) atoms. The van der Waals surface area contributed by atoms with Crippen molar-refractivity contribution in [3.63, 3.8) is 0 Å². The lowest BCUT2D eigenvalue weighted by molar-refractivity contribution is 0.140. The summed E-state index contributed by atoms with van der Waals surface area (Å²) in [5.41, 5.74) is 0. The molecule has 0 aromatic heterocycles. The minimum absolute atomic E-state index is 0.219. The fraction of sp³-hybridized carbons (Fsp3) is 0.667. The molecule has 0 unspecified atom stereocenters. The van der Waals surface area contributed by atoms with Crippen molar-refractivity contribution in [1.82, 2.24) is 9.62 Å². The predicted octanol–water partition coefficient (Wildman–Crippen LogP) is 2.10. The Morgan fingerprint density at radius 2 is 1.80 bits per heavy atom. The summed E-state index contributed by atoms with van der Waals surface area (Å²) in [6, 6.07) is 4.74. The first kappa shape index (κ1) is 18.5. The third-order valence-electron chi connectivity index (χ3n) is 4.71. The second kappa shape index (κ2) is 7.93. The molecule has 1 fully saturated rings. The van der Waals surface area contributed by atoms with Crippen LogP contribution in [0.15, 0.2) is 23.1 Å². The number of ether oxygens (including phenoxy) is 2. The second-order valence-corrected chi connectivity index (χ2v) is 9.03. The molecule has 7 heteroatoms. The van der Waals surface area contributed by atoms with Crippen LogP contribution in [0.25, 0.3) is 0 Å². The highest BCUT2D eigenvalue weighted by Crippen LogP contribution is 2.32. The predicted molar refractivity (Wildman–Crippen MR) is 96.6 cm³/mol. The van der Waals surface area contributed by atoms with Crippen molar-refractivity contribution in [1.29, 1.82) is 0 Å². The highest BCUT2D eigenvalue weighted by Gasteiger charge is 2.22. The molecule has 0 radical (unpaired) electrons. The van der Waals surface area contributed by atoms with Gasteiger partial charge in [-0.05, 0) is 43.4 Å². The number of rotatable bonds is 6. The van der Waals surface area contributed by atoms with E-state index in [1.54, 1.807) is 12.1 Å². The molecule has 0 amide bonds. The van der Waals surface area contributed by atoms with Gasteiger partial charge in [-0.25, -0.2) is 13.1 Å². The number of benzene rings is 1. The normalized spacial score (nSPS) is 24.2. The summed E-state index contributed by atoms with van der Waals surface area (Å²) in [6.07, 6.45) is 2.09. The van der Waals surface area contributed by atoms with E-state index in [0.29, 0.717) is 31.3 Å². The molecule has 0 aliphatic carbocycles. The van der Waals surface area contributed by atoms with E-state index in [1.807, 2.05) is 0 Å². The fourth-order valence-corrected chi connectivity index (χ4v) is 4.85. The van der Waals surface area contributed by atoms with E-state index in [4.69, 9.17) is 9.47 Å². The summed E-state index contributed by atoms with van der Waals surface area (Å²) in [4.78, 5) is 2.66. The van der Waals surface area contributed by atoms with Crippen LogP contribution >= 0.6 is 0 Å². The van der Waals surface area contributed by atoms with Crippen molar-refractivity contribution in [2.24, 2.45) is 11.8 Å². The smallest absolute Gasteiger partial charge is 0.240 e. The number of fused-ring (bicyclic) bond motifs is 1. The lowest BCUT2D eigenvalue weighted by Gasteiger charge is -2.34. The van der Waals surface area contributed by atoms with Crippen LogP contribution in [0, 0.1) is 11.8 Å². The molecule has 1 aromatic rings. The van der Waals surface area contributed by atoms with Crippen LogP contribution in [-0.4, -0.2) is 52.7 Å². The van der Waals surface area contributed by atoms with Gasteiger partial charge in [-0.15, -0.1) is 0 Å². The van der Waals surface area contributed by atoms with Gasteiger partial charge < -0.3 is 14.4 Å². The number of nitrogens with zero attached hydrogens (tertiary/aromatic N) is 1. The maximum Gasteiger partial charge on any atom is 0.240 e. The lowest BCUT2D eigenvalue weighted by Crippen LogP contribution is -2.40. The van der Waals surface area contributed by atoms with Gasteiger partial charge in [0.15, 0.2) is 11.5 Å². The van der Waals surface area contributed by atoms with Crippen LogP contribution < -0.4 is 14.2 Å². The summed E-state index contributed by atoms with van der Waals surface area (Å²) < 4.78 is 38.5. The highest BCUT2D eigenvalue weighted by molar-refractivity contribution is 7.89. The molecule has 0 saturated carbocycles. The average Bonchev–Trinajstić information content (AvgIpc) is 2.57. The first-order valence-electron chi connectivity index (χ1n) is 9.06. The monoisotopic (exact) mass is 368 g/mol. The minimum Gasteiger partial charge on any atom is -0.486 e. The Bertz CT molecular complexity index is 682. The van der Waals surface area contributed by atoms with Crippen molar-refractivity contribution >= 4 is 10.0 Å². The van der Waals surface area contributed by atoms with Gasteiger partial charge in [0.25, 0.3) is 0 Å². The SMILES string of the molecule is C[C@H]1C[C@H](C)CN(CCCNS(=O)(=O)c2ccc3c(c2)OCCO3)C1. The Labute approximate surface area is 150 Å². The van der Waals surface area contributed by atoms with Crippen LogP contribution in [-0.2, 0) is 10.0 Å². The van der Waals surface area contributed by atoms with E-state index in [-0.39, 0.29) is 4.90 Å². The molecular formula is C18H28N2O4S. The second-order valence-electron chi connectivity index (χ2n) is 7.26. The fourth-order valence-electron chi connectivity index (χ4n) is 3.76. The van der Waals surface area contributed by atoms with Gasteiger partial charge in [0, 0.05) is 25.7 Å². The lowest BCUT2D eigenvalue weighted by atomic mass is 9.92. The van der Waals surface area contributed by atoms with Crippen molar-refractivity contribution in [2.75, 3.05) is 39.4 Å². The van der Waals surface area contributed by atoms with Crippen LogP contribution in [0.3, 0.4) is 0 Å². The molecule has 0 bridgehead atoms. The molecule has 2 aliphatic heterocycles. The van der Waals surface area contributed by atoms with Crippen molar-refractivity contribution in [3.8, 4) is 11.5 Å². The number of piperidine rings is 1. The zero-order chi connectivity index (χ0) is 17.9. The number of nitrogens with one attached hydrogen (secondary N) is 1. The Morgan fingerprint density at radius 3 is 2.52 bits per heavy atom. The minimum atomic E-state index is -3.52. The number of sulfonamides is 1. The maximum absolute atomic E-state index is 12.5. The van der Waals surface area contributed by atoms with Crippen LogP contribution in [0.1, 0.15) is 26.7 Å². The quantitative estimate of drug-likeness (QED) is 0.779. The van der Waals surface area contributed by atoms with E-state index in [1.165, 1.54) is 12.5 Å². The molecular weight excluding hydrogens is 340 g/mol. The molecule has 2 atom stereocenters. The molecule has 1 saturated heterocycles. The van der Waals surface area contributed by atoms with E-state index >= 15 is 0 Å². The summed E-state index contributed by atoms with van der Waals surface area (Å²) in [6.45, 7) is 9.09.